The van der Waals surface area contributed by atoms with E-state index in [9.17, 15) is 4.79 Å². The molecule has 0 aliphatic carbocycles. The topological polar surface area (TPSA) is 66.5 Å². The molecule has 2 aromatic rings. The number of aromatic nitrogens is 1. The van der Waals surface area contributed by atoms with Gasteiger partial charge in [0.15, 0.2) is 0 Å². The van der Waals surface area contributed by atoms with Crippen molar-refractivity contribution in [1.82, 2.24) is 15.6 Å². The standard InChI is InChI=1S/C19H24N4O2S/c1-25-18-16(3-2-8-20-18)14-22-19(24)21-13-15-4-6-17(7-5-15)23-9-11-26-12-10-23/h2-8H,9-14H2,1H3,(H2,21,22,24). The minimum absolute atomic E-state index is 0.215. The molecule has 6 nitrogen and oxygen atoms in total. The summed E-state index contributed by atoms with van der Waals surface area (Å²) in [5.74, 6) is 2.90. The molecule has 2 N–H and O–H groups in total. The Morgan fingerprint density at radius 3 is 2.62 bits per heavy atom. The first-order valence-corrected chi connectivity index (χ1v) is 9.83. The molecule has 0 unspecified atom stereocenters. The minimum Gasteiger partial charge on any atom is -0.481 e. The third-order valence-corrected chi connectivity index (χ3v) is 5.19. The zero-order valence-electron chi connectivity index (χ0n) is 14.9. The number of methoxy groups -OCH3 is 1. The second kappa shape index (κ2) is 9.33. The molecule has 1 aliphatic rings. The van der Waals surface area contributed by atoms with Gasteiger partial charge in [-0.15, -0.1) is 0 Å². The van der Waals surface area contributed by atoms with Crippen molar-refractivity contribution in [3.63, 3.8) is 0 Å². The van der Waals surface area contributed by atoms with Crippen molar-refractivity contribution in [2.75, 3.05) is 36.6 Å². The van der Waals surface area contributed by atoms with E-state index in [1.165, 1.54) is 17.2 Å². The zero-order valence-corrected chi connectivity index (χ0v) is 15.7. The summed E-state index contributed by atoms with van der Waals surface area (Å²) in [6.45, 7) is 3.06. The molecule has 1 aliphatic heterocycles. The predicted molar refractivity (Wildman–Crippen MR) is 106 cm³/mol. The molecule has 138 valence electrons. The highest BCUT2D eigenvalue weighted by Gasteiger charge is 2.11. The molecule has 7 heteroatoms. The molecule has 1 aromatic heterocycles. The van der Waals surface area contributed by atoms with Gasteiger partial charge in [0.05, 0.1) is 7.11 Å². The molecular formula is C19H24N4O2S. The number of carbonyl (C=O) groups excluding carboxylic acids is 1. The smallest absolute Gasteiger partial charge is 0.315 e. The molecule has 0 saturated carbocycles. The quantitative estimate of drug-likeness (QED) is 0.816. The molecule has 2 amide bonds. The first-order valence-electron chi connectivity index (χ1n) is 8.67. The first kappa shape index (κ1) is 18.4. The number of thioether (sulfide) groups is 1. The first-order chi connectivity index (χ1) is 12.8. The maximum atomic E-state index is 12.0. The Morgan fingerprint density at radius 2 is 1.88 bits per heavy atom. The molecular weight excluding hydrogens is 348 g/mol. The third kappa shape index (κ3) is 5.05. The van der Waals surface area contributed by atoms with E-state index in [4.69, 9.17) is 4.74 Å². The Bertz CT molecular complexity index is 718. The number of benzene rings is 1. The Morgan fingerprint density at radius 1 is 1.15 bits per heavy atom. The lowest BCUT2D eigenvalue weighted by atomic mass is 10.2. The molecule has 1 saturated heterocycles. The van der Waals surface area contributed by atoms with Crippen molar-refractivity contribution in [3.05, 3.63) is 53.7 Å². The van der Waals surface area contributed by atoms with E-state index in [0.717, 1.165) is 24.2 Å². The monoisotopic (exact) mass is 372 g/mol. The van der Waals surface area contributed by atoms with Crippen LogP contribution in [0, 0.1) is 0 Å². The van der Waals surface area contributed by atoms with Crippen LogP contribution < -0.4 is 20.3 Å². The molecule has 3 rings (SSSR count). The number of urea groups is 1. The van der Waals surface area contributed by atoms with Crippen LogP contribution in [0.4, 0.5) is 10.5 Å². The number of pyridine rings is 1. The van der Waals surface area contributed by atoms with Crippen LogP contribution in [0.25, 0.3) is 0 Å². The number of nitrogens with one attached hydrogen (secondary N) is 2. The largest absolute Gasteiger partial charge is 0.481 e. The van der Waals surface area contributed by atoms with E-state index >= 15 is 0 Å². The van der Waals surface area contributed by atoms with Gasteiger partial charge in [0.2, 0.25) is 5.88 Å². The predicted octanol–water partition coefficient (Wildman–Crippen LogP) is 2.64. The Hall–Kier alpha value is -2.41. The fourth-order valence-electron chi connectivity index (χ4n) is 2.81. The van der Waals surface area contributed by atoms with Gasteiger partial charge in [0.1, 0.15) is 0 Å². The molecule has 1 aromatic carbocycles. The van der Waals surface area contributed by atoms with Crippen molar-refractivity contribution in [2.24, 2.45) is 0 Å². The van der Waals surface area contributed by atoms with E-state index in [2.05, 4.69) is 44.8 Å². The van der Waals surface area contributed by atoms with Crippen LogP contribution in [0.2, 0.25) is 0 Å². The Balaban J connectivity index is 1.45. The van der Waals surface area contributed by atoms with Crippen LogP contribution in [0.15, 0.2) is 42.6 Å². The van der Waals surface area contributed by atoms with Gasteiger partial charge in [-0.1, -0.05) is 18.2 Å². The number of nitrogens with zero attached hydrogens (tertiary/aromatic N) is 2. The van der Waals surface area contributed by atoms with Crippen LogP contribution in [-0.2, 0) is 13.1 Å². The lowest BCUT2D eigenvalue weighted by molar-refractivity contribution is 0.240. The van der Waals surface area contributed by atoms with Crippen molar-refractivity contribution in [2.45, 2.75) is 13.1 Å². The van der Waals surface area contributed by atoms with Gasteiger partial charge in [-0.2, -0.15) is 11.8 Å². The Kier molecular flexibility index (Phi) is 6.60. The van der Waals surface area contributed by atoms with E-state index in [-0.39, 0.29) is 6.03 Å². The maximum Gasteiger partial charge on any atom is 0.315 e. The van der Waals surface area contributed by atoms with E-state index < -0.39 is 0 Å². The fraction of sp³-hybridized carbons (Fsp3) is 0.368. The number of anilines is 1. The van der Waals surface area contributed by atoms with Crippen LogP contribution in [0.3, 0.4) is 0 Å². The average Bonchev–Trinajstić information content (AvgIpc) is 2.72. The Labute approximate surface area is 158 Å². The molecule has 0 radical (unpaired) electrons. The number of amides is 2. The van der Waals surface area contributed by atoms with Gasteiger partial charge < -0.3 is 20.3 Å². The lowest BCUT2D eigenvalue weighted by Crippen LogP contribution is -2.34. The number of hydrogen-bond acceptors (Lipinski definition) is 5. The maximum absolute atomic E-state index is 12.0. The molecule has 26 heavy (non-hydrogen) atoms. The van der Waals surface area contributed by atoms with Crippen LogP contribution in [0.1, 0.15) is 11.1 Å². The van der Waals surface area contributed by atoms with Crippen LogP contribution >= 0.6 is 11.8 Å². The van der Waals surface area contributed by atoms with Crippen molar-refractivity contribution in [3.8, 4) is 5.88 Å². The van der Waals surface area contributed by atoms with E-state index in [0.29, 0.717) is 19.0 Å². The summed E-state index contributed by atoms with van der Waals surface area (Å²) in [6.07, 6.45) is 1.66. The summed E-state index contributed by atoms with van der Waals surface area (Å²) in [5.41, 5.74) is 3.17. The molecule has 0 bridgehead atoms. The van der Waals surface area contributed by atoms with Gasteiger partial charge in [0, 0.05) is 55.1 Å². The average molecular weight is 372 g/mol. The highest BCUT2D eigenvalue weighted by Crippen LogP contribution is 2.19. The van der Waals surface area contributed by atoms with Crippen molar-refractivity contribution in [1.29, 1.82) is 0 Å². The highest BCUT2D eigenvalue weighted by atomic mass is 32.2. The van der Waals surface area contributed by atoms with Gasteiger partial charge in [0.25, 0.3) is 0 Å². The summed E-state index contributed by atoms with van der Waals surface area (Å²) >= 11 is 2.01. The summed E-state index contributed by atoms with van der Waals surface area (Å²) in [7, 11) is 1.57. The summed E-state index contributed by atoms with van der Waals surface area (Å²) in [4.78, 5) is 18.5. The third-order valence-electron chi connectivity index (χ3n) is 4.25. The number of rotatable bonds is 6. The summed E-state index contributed by atoms with van der Waals surface area (Å²) in [6, 6.07) is 11.9. The SMILES string of the molecule is COc1ncccc1CNC(=O)NCc1ccc(N2CCSCC2)cc1. The number of carbonyl (C=O) groups is 1. The van der Waals surface area contributed by atoms with E-state index in [1.54, 1.807) is 13.3 Å². The second-order valence-corrected chi connectivity index (χ2v) is 7.20. The number of ether oxygens (including phenoxy) is 1. The summed E-state index contributed by atoms with van der Waals surface area (Å²) in [5, 5.41) is 5.70. The molecule has 0 atom stereocenters. The molecule has 0 spiro atoms. The van der Waals surface area contributed by atoms with E-state index in [1.807, 2.05) is 23.9 Å². The van der Waals surface area contributed by atoms with Gasteiger partial charge >= 0.3 is 6.03 Å². The van der Waals surface area contributed by atoms with Gasteiger partial charge in [-0.05, 0) is 23.8 Å². The van der Waals surface area contributed by atoms with Gasteiger partial charge in [-0.25, -0.2) is 9.78 Å². The van der Waals surface area contributed by atoms with Gasteiger partial charge in [-0.3, -0.25) is 0 Å². The number of hydrogen-bond donors (Lipinski definition) is 2. The summed E-state index contributed by atoms with van der Waals surface area (Å²) < 4.78 is 5.18. The minimum atomic E-state index is -0.215. The zero-order chi connectivity index (χ0) is 18.2. The fourth-order valence-corrected chi connectivity index (χ4v) is 3.71. The second-order valence-electron chi connectivity index (χ2n) is 5.97. The van der Waals surface area contributed by atoms with Crippen LogP contribution in [-0.4, -0.2) is 42.7 Å². The van der Waals surface area contributed by atoms with Crippen LogP contribution in [0.5, 0.6) is 5.88 Å². The van der Waals surface area contributed by atoms with Crippen molar-refractivity contribution < 1.29 is 9.53 Å². The lowest BCUT2D eigenvalue weighted by Gasteiger charge is -2.28. The molecule has 2 heterocycles. The van der Waals surface area contributed by atoms with Crippen molar-refractivity contribution >= 4 is 23.5 Å². The highest BCUT2D eigenvalue weighted by molar-refractivity contribution is 7.99. The molecule has 1 fully saturated rings. The normalized spacial score (nSPS) is 14.0.